The molecule has 0 N–H and O–H groups in total. The van der Waals surface area contributed by atoms with Crippen molar-refractivity contribution in [3.8, 4) is 11.3 Å². The molecule has 0 saturated carbocycles. The Balaban J connectivity index is 1.55. The molecule has 0 bridgehead atoms. The number of carbonyl (C=O) groups excluding carboxylic acids is 1. The second kappa shape index (κ2) is 7.73. The van der Waals surface area contributed by atoms with Gasteiger partial charge in [-0.3, -0.25) is 4.79 Å². The van der Waals surface area contributed by atoms with Crippen molar-refractivity contribution >= 4 is 49.7 Å². The summed E-state index contributed by atoms with van der Waals surface area (Å²) in [6.45, 7) is 3.74. The van der Waals surface area contributed by atoms with E-state index in [-0.39, 0.29) is 5.91 Å². The van der Waals surface area contributed by atoms with Gasteiger partial charge in [-0.1, -0.05) is 46.3 Å². The predicted molar refractivity (Wildman–Crippen MR) is 115 cm³/mol. The maximum absolute atomic E-state index is 12.8. The first kappa shape index (κ1) is 18.6. The molecule has 4 rings (SSSR count). The highest BCUT2D eigenvalue weighted by molar-refractivity contribution is 9.10. The molecule has 8 heteroatoms. The number of halogens is 1. The van der Waals surface area contributed by atoms with E-state index in [0.717, 1.165) is 27.0 Å². The standard InChI is InChI=1S/C20H16BrN5OS/c1-12-5-3-4-6-16(12)23-24-18-13(2)25-26(19(18)27)20-22-17(11-28-20)14-7-9-15(21)10-8-14/h3-11,18H,1-2H3/t18-/m0/s1. The van der Waals surface area contributed by atoms with Crippen molar-refractivity contribution in [3.05, 3.63) is 63.9 Å². The number of thiazole rings is 1. The molecule has 1 amide bonds. The quantitative estimate of drug-likeness (QED) is 0.471. The van der Waals surface area contributed by atoms with Gasteiger partial charge in [0.25, 0.3) is 5.91 Å². The van der Waals surface area contributed by atoms with Crippen molar-refractivity contribution in [3.63, 3.8) is 0 Å². The minimum Gasteiger partial charge on any atom is -0.269 e. The molecule has 0 radical (unpaired) electrons. The number of nitrogens with zero attached hydrogens (tertiary/aromatic N) is 5. The Hall–Kier alpha value is -2.71. The van der Waals surface area contributed by atoms with Crippen molar-refractivity contribution in [1.29, 1.82) is 0 Å². The number of hydrogen-bond donors (Lipinski definition) is 0. The van der Waals surface area contributed by atoms with Gasteiger partial charge >= 0.3 is 0 Å². The van der Waals surface area contributed by atoms with E-state index in [4.69, 9.17) is 0 Å². The van der Waals surface area contributed by atoms with Crippen LogP contribution in [-0.4, -0.2) is 22.6 Å². The lowest BCUT2D eigenvalue weighted by Gasteiger charge is -2.08. The summed E-state index contributed by atoms with van der Waals surface area (Å²) in [5.41, 5.74) is 4.13. The van der Waals surface area contributed by atoms with Crippen LogP contribution in [-0.2, 0) is 4.79 Å². The molecule has 0 unspecified atom stereocenters. The van der Waals surface area contributed by atoms with Crippen molar-refractivity contribution in [2.24, 2.45) is 15.3 Å². The normalized spacial score (nSPS) is 16.8. The topological polar surface area (TPSA) is 70.3 Å². The molecular weight excluding hydrogens is 438 g/mol. The number of carbonyl (C=O) groups is 1. The third kappa shape index (κ3) is 3.65. The van der Waals surface area contributed by atoms with Gasteiger partial charge in [0.15, 0.2) is 6.04 Å². The van der Waals surface area contributed by atoms with Gasteiger partial charge in [-0.15, -0.1) is 11.3 Å². The molecule has 28 heavy (non-hydrogen) atoms. The van der Waals surface area contributed by atoms with Gasteiger partial charge < -0.3 is 0 Å². The molecule has 140 valence electrons. The lowest BCUT2D eigenvalue weighted by atomic mass is 10.2. The third-order valence-electron chi connectivity index (χ3n) is 4.31. The highest BCUT2D eigenvalue weighted by Crippen LogP contribution is 2.31. The molecule has 3 aromatic rings. The van der Waals surface area contributed by atoms with E-state index in [1.165, 1.54) is 16.3 Å². The summed E-state index contributed by atoms with van der Waals surface area (Å²) in [4.78, 5) is 17.4. The molecule has 0 fully saturated rings. The predicted octanol–water partition coefficient (Wildman–Crippen LogP) is 5.76. The van der Waals surface area contributed by atoms with Gasteiger partial charge in [0, 0.05) is 15.4 Å². The van der Waals surface area contributed by atoms with Crippen LogP contribution < -0.4 is 5.01 Å². The molecule has 2 aromatic carbocycles. The van der Waals surface area contributed by atoms with E-state index in [1.807, 2.05) is 60.8 Å². The second-order valence-corrected chi connectivity index (χ2v) is 8.07. The minimum atomic E-state index is -0.723. The van der Waals surface area contributed by atoms with Crippen LogP contribution in [0.2, 0.25) is 0 Å². The smallest absolute Gasteiger partial charge is 0.269 e. The Kier molecular flexibility index (Phi) is 5.15. The first-order valence-electron chi connectivity index (χ1n) is 8.60. The number of hydrazone groups is 1. The second-order valence-electron chi connectivity index (χ2n) is 6.32. The van der Waals surface area contributed by atoms with Crippen molar-refractivity contribution in [2.45, 2.75) is 19.9 Å². The number of aryl methyl sites for hydroxylation is 1. The zero-order chi connectivity index (χ0) is 19.7. The highest BCUT2D eigenvalue weighted by Gasteiger charge is 2.36. The van der Waals surface area contributed by atoms with E-state index in [0.29, 0.717) is 10.8 Å². The number of anilines is 1. The summed E-state index contributed by atoms with van der Waals surface area (Å²) in [5.74, 6) is -0.244. The van der Waals surface area contributed by atoms with Crippen LogP contribution in [0.4, 0.5) is 10.8 Å². The van der Waals surface area contributed by atoms with Crippen LogP contribution in [0.5, 0.6) is 0 Å². The van der Waals surface area contributed by atoms with Crippen LogP contribution in [0.1, 0.15) is 12.5 Å². The Labute approximate surface area is 174 Å². The average Bonchev–Trinajstić information content (AvgIpc) is 3.27. The van der Waals surface area contributed by atoms with Gasteiger partial charge in [0.1, 0.15) is 0 Å². The fourth-order valence-corrected chi connectivity index (χ4v) is 3.79. The molecule has 1 atom stereocenters. The van der Waals surface area contributed by atoms with E-state index in [2.05, 4.69) is 36.2 Å². The fourth-order valence-electron chi connectivity index (χ4n) is 2.74. The van der Waals surface area contributed by atoms with Gasteiger partial charge in [-0.2, -0.15) is 20.3 Å². The number of amides is 1. The zero-order valence-electron chi connectivity index (χ0n) is 15.2. The average molecular weight is 454 g/mol. The minimum absolute atomic E-state index is 0.244. The molecule has 1 aliphatic heterocycles. The van der Waals surface area contributed by atoms with Crippen molar-refractivity contribution in [1.82, 2.24) is 4.98 Å². The summed E-state index contributed by atoms with van der Waals surface area (Å²) in [6.07, 6.45) is 0. The van der Waals surface area contributed by atoms with Crippen molar-refractivity contribution in [2.75, 3.05) is 5.01 Å². The fraction of sp³-hybridized carbons (Fsp3) is 0.150. The molecule has 1 aliphatic rings. The largest absolute Gasteiger partial charge is 0.282 e. The summed E-state index contributed by atoms with van der Waals surface area (Å²) in [7, 11) is 0. The Morgan fingerprint density at radius 2 is 1.86 bits per heavy atom. The molecule has 2 heterocycles. The van der Waals surface area contributed by atoms with E-state index in [1.54, 1.807) is 6.92 Å². The molecule has 0 aliphatic carbocycles. The van der Waals surface area contributed by atoms with Gasteiger partial charge in [-0.25, -0.2) is 4.98 Å². The summed E-state index contributed by atoms with van der Waals surface area (Å²) in [6, 6.07) is 14.8. The van der Waals surface area contributed by atoms with Crippen LogP contribution >= 0.6 is 27.3 Å². The lowest BCUT2D eigenvalue weighted by Crippen LogP contribution is -2.29. The zero-order valence-corrected chi connectivity index (χ0v) is 17.6. The lowest BCUT2D eigenvalue weighted by molar-refractivity contribution is -0.117. The Morgan fingerprint density at radius 3 is 2.61 bits per heavy atom. The van der Waals surface area contributed by atoms with Gasteiger partial charge in [0.05, 0.1) is 17.1 Å². The molecular formula is C20H16BrN5OS. The number of azo groups is 1. The molecule has 0 spiro atoms. The van der Waals surface area contributed by atoms with Crippen LogP contribution in [0.25, 0.3) is 11.3 Å². The van der Waals surface area contributed by atoms with Crippen molar-refractivity contribution < 1.29 is 4.79 Å². The maximum atomic E-state index is 12.8. The number of aromatic nitrogens is 1. The van der Waals surface area contributed by atoms with E-state index < -0.39 is 6.04 Å². The van der Waals surface area contributed by atoms with Crippen LogP contribution in [0, 0.1) is 6.92 Å². The van der Waals surface area contributed by atoms with Crippen LogP contribution in [0.15, 0.2) is 73.7 Å². The number of benzene rings is 2. The summed E-state index contributed by atoms with van der Waals surface area (Å²) in [5, 5.41) is 16.6. The summed E-state index contributed by atoms with van der Waals surface area (Å²) >= 11 is 4.80. The van der Waals surface area contributed by atoms with Crippen LogP contribution in [0.3, 0.4) is 0 Å². The first-order valence-corrected chi connectivity index (χ1v) is 10.3. The molecule has 6 nitrogen and oxygen atoms in total. The third-order valence-corrected chi connectivity index (χ3v) is 5.65. The SMILES string of the molecule is CC1=NN(c2nc(-c3ccc(Br)cc3)cs2)C(=O)[C@H]1N=Nc1ccccc1C. The number of hydrogen-bond acceptors (Lipinski definition) is 6. The maximum Gasteiger partial charge on any atom is 0.282 e. The Bertz CT molecular complexity index is 1090. The summed E-state index contributed by atoms with van der Waals surface area (Å²) < 4.78 is 1.00. The van der Waals surface area contributed by atoms with Gasteiger partial charge in [-0.05, 0) is 37.6 Å². The van der Waals surface area contributed by atoms with E-state index >= 15 is 0 Å². The van der Waals surface area contributed by atoms with Gasteiger partial charge in [0.2, 0.25) is 5.13 Å². The Morgan fingerprint density at radius 1 is 1.11 bits per heavy atom. The highest BCUT2D eigenvalue weighted by atomic mass is 79.9. The monoisotopic (exact) mass is 453 g/mol. The number of rotatable bonds is 4. The molecule has 1 aromatic heterocycles. The first-order chi connectivity index (χ1) is 13.5. The van der Waals surface area contributed by atoms with E-state index in [9.17, 15) is 4.79 Å². The molecule has 0 saturated heterocycles.